The molecular weight excluding hydrogens is 222 g/mol. The maximum atomic E-state index is 5.22. The van der Waals surface area contributed by atoms with E-state index in [4.69, 9.17) is 4.74 Å². The first kappa shape index (κ1) is 15.0. The van der Waals surface area contributed by atoms with Gasteiger partial charge in [-0.1, -0.05) is 32.9 Å². The van der Waals surface area contributed by atoms with Crippen molar-refractivity contribution in [1.29, 1.82) is 0 Å². The second-order valence-corrected chi connectivity index (χ2v) is 5.54. The summed E-state index contributed by atoms with van der Waals surface area (Å²) in [7, 11) is 3.74. The summed E-state index contributed by atoms with van der Waals surface area (Å²) < 4.78 is 5.22. The molecule has 0 aliphatic rings. The number of benzene rings is 1. The summed E-state index contributed by atoms with van der Waals surface area (Å²) in [4.78, 5) is 0. The van der Waals surface area contributed by atoms with Crippen LogP contribution in [-0.2, 0) is 0 Å². The average Bonchev–Trinajstić information content (AvgIpc) is 2.35. The van der Waals surface area contributed by atoms with Crippen molar-refractivity contribution in [3.05, 3.63) is 29.8 Å². The Morgan fingerprint density at radius 2 is 1.72 bits per heavy atom. The molecule has 1 rings (SSSR count). The minimum absolute atomic E-state index is 0.573. The van der Waals surface area contributed by atoms with Crippen LogP contribution in [0.1, 0.15) is 38.7 Å². The first-order chi connectivity index (χ1) is 8.58. The number of nitrogens with one attached hydrogen (secondary N) is 1. The molecule has 102 valence electrons. The Bertz CT molecular complexity index is 331. The summed E-state index contributed by atoms with van der Waals surface area (Å²) in [5, 5.41) is 3.32. The average molecular weight is 249 g/mol. The van der Waals surface area contributed by atoms with E-state index in [2.05, 4.69) is 50.4 Å². The third-order valence-corrected chi connectivity index (χ3v) is 3.50. The lowest BCUT2D eigenvalue weighted by molar-refractivity contribution is 0.365. The van der Waals surface area contributed by atoms with E-state index in [1.807, 2.05) is 7.05 Å². The summed E-state index contributed by atoms with van der Waals surface area (Å²) in [5.41, 5.74) is 1.40. The van der Waals surface area contributed by atoms with Crippen LogP contribution in [0.15, 0.2) is 24.3 Å². The van der Waals surface area contributed by atoms with Gasteiger partial charge in [0, 0.05) is 6.54 Å². The highest BCUT2D eigenvalue weighted by Crippen LogP contribution is 2.29. The predicted octanol–water partition coefficient (Wildman–Crippen LogP) is 3.68. The molecule has 1 aromatic carbocycles. The zero-order valence-electron chi connectivity index (χ0n) is 12.4. The molecule has 0 aliphatic heterocycles. The van der Waals surface area contributed by atoms with Crippen LogP contribution in [0.25, 0.3) is 0 Å². The van der Waals surface area contributed by atoms with Gasteiger partial charge in [-0.2, -0.15) is 0 Å². The smallest absolute Gasteiger partial charge is 0.118 e. The number of hydrogen-bond acceptors (Lipinski definition) is 2. The first-order valence-electron chi connectivity index (χ1n) is 6.87. The maximum Gasteiger partial charge on any atom is 0.118 e. The molecule has 2 heteroatoms. The second kappa shape index (κ2) is 7.42. The fourth-order valence-corrected chi connectivity index (χ4v) is 2.63. The highest BCUT2D eigenvalue weighted by molar-refractivity contribution is 5.30. The Kier molecular flexibility index (Phi) is 6.20. The summed E-state index contributed by atoms with van der Waals surface area (Å²) >= 11 is 0. The summed E-state index contributed by atoms with van der Waals surface area (Å²) in [5.74, 6) is 2.94. The largest absolute Gasteiger partial charge is 0.497 e. The standard InChI is InChI=1S/C16H27NO/c1-12(2)10-13(3)16(11-17-4)14-6-8-15(18-5)9-7-14/h6-9,12-13,16-17H,10-11H2,1-5H3. The summed E-state index contributed by atoms with van der Waals surface area (Å²) in [6, 6.07) is 8.50. The normalized spacial score (nSPS) is 14.6. The van der Waals surface area contributed by atoms with E-state index in [0.717, 1.165) is 18.2 Å². The molecule has 1 aromatic rings. The zero-order valence-corrected chi connectivity index (χ0v) is 12.4. The van der Waals surface area contributed by atoms with Crippen LogP contribution < -0.4 is 10.1 Å². The molecule has 0 aliphatic carbocycles. The van der Waals surface area contributed by atoms with Crippen LogP contribution >= 0.6 is 0 Å². The fraction of sp³-hybridized carbons (Fsp3) is 0.625. The van der Waals surface area contributed by atoms with Crippen molar-refractivity contribution < 1.29 is 4.74 Å². The van der Waals surface area contributed by atoms with Crippen molar-refractivity contribution in [2.75, 3.05) is 20.7 Å². The Hall–Kier alpha value is -1.02. The number of rotatable bonds is 7. The van der Waals surface area contributed by atoms with Crippen LogP contribution in [0.4, 0.5) is 0 Å². The van der Waals surface area contributed by atoms with Crippen LogP contribution in [0.5, 0.6) is 5.75 Å². The van der Waals surface area contributed by atoms with Gasteiger partial charge in [-0.15, -0.1) is 0 Å². The lowest BCUT2D eigenvalue weighted by atomic mass is 9.82. The van der Waals surface area contributed by atoms with E-state index >= 15 is 0 Å². The highest BCUT2D eigenvalue weighted by Gasteiger charge is 2.19. The van der Waals surface area contributed by atoms with Crippen LogP contribution in [0.3, 0.4) is 0 Å². The Balaban J connectivity index is 2.81. The number of likely N-dealkylation sites (N-methyl/N-ethyl adjacent to an activating group) is 1. The molecule has 0 amide bonds. The number of ether oxygens (including phenoxy) is 1. The quantitative estimate of drug-likeness (QED) is 0.796. The lowest BCUT2D eigenvalue weighted by Crippen LogP contribution is -2.23. The van der Waals surface area contributed by atoms with Crippen molar-refractivity contribution >= 4 is 0 Å². The van der Waals surface area contributed by atoms with Crippen LogP contribution in [0.2, 0.25) is 0 Å². The van der Waals surface area contributed by atoms with E-state index in [0.29, 0.717) is 11.8 Å². The monoisotopic (exact) mass is 249 g/mol. The molecular formula is C16H27NO. The van der Waals surface area contributed by atoms with Gasteiger partial charge in [-0.3, -0.25) is 0 Å². The Morgan fingerprint density at radius 3 is 2.17 bits per heavy atom. The molecule has 0 aromatic heterocycles. The second-order valence-electron chi connectivity index (χ2n) is 5.54. The SMILES string of the molecule is CNCC(c1ccc(OC)cc1)C(C)CC(C)C. The molecule has 0 fully saturated rings. The molecule has 0 spiro atoms. The number of hydrogen-bond donors (Lipinski definition) is 1. The van der Waals surface area contributed by atoms with Gasteiger partial charge < -0.3 is 10.1 Å². The van der Waals surface area contributed by atoms with Gasteiger partial charge in [0.15, 0.2) is 0 Å². The van der Waals surface area contributed by atoms with E-state index in [1.165, 1.54) is 12.0 Å². The Morgan fingerprint density at radius 1 is 1.11 bits per heavy atom. The van der Waals surface area contributed by atoms with Crippen molar-refractivity contribution in [3.63, 3.8) is 0 Å². The molecule has 2 atom stereocenters. The van der Waals surface area contributed by atoms with Gasteiger partial charge in [-0.05, 0) is 48.9 Å². The molecule has 0 saturated carbocycles. The topological polar surface area (TPSA) is 21.3 Å². The van der Waals surface area contributed by atoms with Gasteiger partial charge in [-0.25, -0.2) is 0 Å². The zero-order chi connectivity index (χ0) is 13.5. The van der Waals surface area contributed by atoms with Crippen LogP contribution in [-0.4, -0.2) is 20.7 Å². The summed E-state index contributed by atoms with van der Waals surface area (Å²) in [6.45, 7) is 7.97. The van der Waals surface area contributed by atoms with Gasteiger partial charge in [0.2, 0.25) is 0 Å². The highest BCUT2D eigenvalue weighted by atomic mass is 16.5. The van der Waals surface area contributed by atoms with E-state index in [1.54, 1.807) is 7.11 Å². The summed E-state index contributed by atoms with van der Waals surface area (Å²) in [6.07, 6.45) is 1.26. The van der Waals surface area contributed by atoms with E-state index < -0.39 is 0 Å². The van der Waals surface area contributed by atoms with Crippen molar-refractivity contribution in [2.45, 2.75) is 33.1 Å². The molecule has 2 nitrogen and oxygen atoms in total. The van der Waals surface area contributed by atoms with Crippen molar-refractivity contribution in [1.82, 2.24) is 5.32 Å². The molecule has 0 saturated heterocycles. The van der Waals surface area contributed by atoms with Crippen molar-refractivity contribution in [3.8, 4) is 5.75 Å². The maximum absolute atomic E-state index is 5.22. The molecule has 18 heavy (non-hydrogen) atoms. The lowest BCUT2D eigenvalue weighted by Gasteiger charge is -2.26. The molecule has 1 N–H and O–H groups in total. The number of methoxy groups -OCH3 is 1. The van der Waals surface area contributed by atoms with Gasteiger partial charge in [0.25, 0.3) is 0 Å². The fourth-order valence-electron chi connectivity index (χ4n) is 2.63. The first-order valence-corrected chi connectivity index (χ1v) is 6.87. The predicted molar refractivity (Wildman–Crippen MR) is 78.3 cm³/mol. The minimum atomic E-state index is 0.573. The van der Waals surface area contributed by atoms with Crippen LogP contribution in [0, 0.1) is 11.8 Å². The van der Waals surface area contributed by atoms with E-state index in [-0.39, 0.29) is 0 Å². The molecule has 0 radical (unpaired) electrons. The van der Waals surface area contributed by atoms with Gasteiger partial charge >= 0.3 is 0 Å². The third kappa shape index (κ3) is 4.34. The van der Waals surface area contributed by atoms with E-state index in [9.17, 15) is 0 Å². The van der Waals surface area contributed by atoms with Gasteiger partial charge in [0.05, 0.1) is 7.11 Å². The van der Waals surface area contributed by atoms with Crippen molar-refractivity contribution in [2.24, 2.45) is 11.8 Å². The molecule has 2 unspecified atom stereocenters. The third-order valence-electron chi connectivity index (χ3n) is 3.50. The van der Waals surface area contributed by atoms with Gasteiger partial charge in [0.1, 0.15) is 5.75 Å². The Labute approximate surface area is 112 Å². The molecule has 0 bridgehead atoms. The minimum Gasteiger partial charge on any atom is -0.497 e. The molecule has 0 heterocycles.